The highest BCUT2D eigenvalue weighted by Crippen LogP contribution is 2.40. The van der Waals surface area contributed by atoms with Crippen molar-refractivity contribution in [1.29, 1.82) is 0 Å². The van der Waals surface area contributed by atoms with Crippen LogP contribution in [0, 0.1) is 0 Å². The van der Waals surface area contributed by atoms with Gasteiger partial charge in [-0.05, 0) is 24.3 Å². The predicted molar refractivity (Wildman–Crippen MR) is 77.1 cm³/mol. The van der Waals surface area contributed by atoms with E-state index in [9.17, 15) is 0 Å². The maximum atomic E-state index is 5.87. The van der Waals surface area contributed by atoms with Gasteiger partial charge in [0.15, 0.2) is 0 Å². The molecule has 0 spiro atoms. The van der Waals surface area contributed by atoms with Crippen molar-refractivity contribution in [3.05, 3.63) is 28.2 Å². The van der Waals surface area contributed by atoms with Crippen molar-refractivity contribution in [3.8, 4) is 0 Å². The first-order valence-corrected chi connectivity index (χ1v) is 8.29. The van der Waals surface area contributed by atoms with Gasteiger partial charge in [0.2, 0.25) is 5.13 Å². The summed E-state index contributed by atoms with van der Waals surface area (Å²) in [7, 11) is 0. The lowest BCUT2D eigenvalue weighted by Gasteiger charge is -2.31. The van der Waals surface area contributed by atoms with Crippen molar-refractivity contribution in [1.82, 2.24) is 9.36 Å². The Balaban J connectivity index is 1.50. The fourth-order valence-corrected chi connectivity index (χ4v) is 3.88. The molecule has 0 bridgehead atoms. The number of morpholine rings is 1. The molecule has 19 heavy (non-hydrogen) atoms. The monoisotopic (exact) mass is 293 g/mol. The molecule has 1 aliphatic carbocycles. The minimum atomic E-state index is 0.182. The van der Waals surface area contributed by atoms with E-state index in [4.69, 9.17) is 9.72 Å². The molecule has 1 aliphatic heterocycles. The highest BCUT2D eigenvalue weighted by Gasteiger charge is 2.30. The van der Waals surface area contributed by atoms with Gasteiger partial charge in [-0.3, -0.25) is 0 Å². The van der Waals surface area contributed by atoms with Crippen molar-refractivity contribution in [2.75, 3.05) is 24.6 Å². The van der Waals surface area contributed by atoms with Gasteiger partial charge in [-0.15, -0.1) is 11.3 Å². The van der Waals surface area contributed by atoms with Crippen LogP contribution in [0.25, 0.3) is 0 Å². The Kier molecular flexibility index (Phi) is 3.01. The van der Waals surface area contributed by atoms with Crippen molar-refractivity contribution in [2.45, 2.75) is 24.9 Å². The van der Waals surface area contributed by atoms with Gasteiger partial charge >= 0.3 is 0 Å². The minimum Gasteiger partial charge on any atom is -0.369 e. The van der Waals surface area contributed by atoms with E-state index in [2.05, 4.69) is 26.8 Å². The Morgan fingerprint density at radius 3 is 3.11 bits per heavy atom. The summed E-state index contributed by atoms with van der Waals surface area (Å²) < 4.78 is 10.4. The molecular formula is C13H15N3OS2. The standard InChI is InChI=1S/C13H15N3OS2/c1-2-11(18-7-1)10-8-16(5-6-17-10)13-14-12(15-19-13)9-3-4-9/h1-2,7,9-10H,3-6,8H2. The molecule has 0 aromatic carbocycles. The zero-order valence-corrected chi connectivity index (χ0v) is 12.1. The largest absolute Gasteiger partial charge is 0.369 e. The Labute approximate surface area is 120 Å². The van der Waals surface area contributed by atoms with Crippen LogP contribution in [0.1, 0.15) is 35.6 Å². The fourth-order valence-electron chi connectivity index (χ4n) is 2.33. The average molecular weight is 293 g/mol. The summed E-state index contributed by atoms with van der Waals surface area (Å²) in [5.41, 5.74) is 0. The highest BCUT2D eigenvalue weighted by atomic mass is 32.1. The van der Waals surface area contributed by atoms with Crippen LogP contribution in [0.15, 0.2) is 17.5 Å². The third-order valence-electron chi connectivity index (χ3n) is 3.57. The predicted octanol–water partition coefficient (Wildman–Crippen LogP) is 3.05. The van der Waals surface area contributed by atoms with Gasteiger partial charge < -0.3 is 9.64 Å². The van der Waals surface area contributed by atoms with E-state index < -0.39 is 0 Å². The number of hydrogen-bond acceptors (Lipinski definition) is 6. The zero-order valence-electron chi connectivity index (χ0n) is 10.5. The summed E-state index contributed by atoms with van der Waals surface area (Å²) in [5, 5.41) is 3.17. The van der Waals surface area contributed by atoms with Crippen molar-refractivity contribution < 1.29 is 4.74 Å². The molecule has 1 unspecified atom stereocenters. The Morgan fingerprint density at radius 1 is 1.37 bits per heavy atom. The van der Waals surface area contributed by atoms with Gasteiger partial charge in [-0.25, -0.2) is 4.98 Å². The second-order valence-corrected chi connectivity index (χ2v) is 6.74. The summed E-state index contributed by atoms with van der Waals surface area (Å²) >= 11 is 3.30. The quantitative estimate of drug-likeness (QED) is 0.872. The summed E-state index contributed by atoms with van der Waals surface area (Å²) in [6.07, 6.45) is 2.70. The van der Waals surface area contributed by atoms with Gasteiger partial charge in [0.25, 0.3) is 0 Å². The van der Waals surface area contributed by atoms with E-state index in [-0.39, 0.29) is 6.10 Å². The molecule has 2 aliphatic rings. The van der Waals surface area contributed by atoms with E-state index in [1.54, 1.807) is 11.3 Å². The van der Waals surface area contributed by atoms with Crippen LogP contribution in [-0.2, 0) is 4.74 Å². The van der Waals surface area contributed by atoms with Crippen LogP contribution < -0.4 is 4.90 Å². The topological polar surface area (TPSA) is 38.2 Å². The van der Waals surface area contributed by atoms with Crippen molar-refractivity contribution in [2.24, 2.45) is 0 Å². The smallest absolute Gasteiger partial charge is 0.205 e. The maximum Gasteiger partial charge on any atom is 0.205 e. The van der Waals surface area contributed by atoms with Crippen molar-refractivity contribution >= 4 is 28.0 Å². The summed E-state index contributed by atoms with van der Waals surface area (Å²) in [4.78, 5) is 8.31. The first kappa shape index (κ1) is 11.8. The summed E-state index contributed by atoms with van der Waals surface area (Å²) in [6.45, 7) is 2.57. The number of anilines is 1. The van der Waals surface area contributed by atoms with Gasteiger partial charge in [0, 0.05) is 28.9 Å². The molecule has 4 rings (SSSR count). The Bertz CT molecular complexity index is 550. The van der Waals surface area contributed by atoms with Crippen LogP contribution in [0.2, 0.25) is 0 Å². The lowest BCUT2D eigenvalue weighted by atomic mass is 10.2. The number of rotatable bonds is 3. The molecule has 3 heterocycles. The molecule has 2 fully saturated rings. The van der Waals surface area contributed by atoms with E-state index >= 15 is 0 Å². The molecule has 0 radical (unpaired) electrons. The van der Waals surface area contributed by atoms with Crippen LogP contribution in [0.4, 0.5) is 5.13 Å². The van der Waals surface area contributed by atoms with Crippen LogP contribution in [0.3, 0.4) is 0 Å². The normalized spacial score (nSPS) is 23.8. The van der Waals surface area contributed by atoms with Gasteiger partial charge in [-0.2, -0.15) is 4.37 Å². The molecule has 4 nitrogen and oxygen atoms in total. The van der Waals surface area contributed by atoms with Crippen LogP contribution in [0.5, 0.6) is 0 Å². The van der Waals surface area contributed by atoms with Crippen LogP contribution >= 0.6 is 22.9 Å². The van der Waals surface area contributed by atoms with Crippen molar-refractivity contribution in [3.63, 3.8) is 0 Å². The van der Waals surface area contributed by atoms with Crippen LogP contribution in [-0.4, -0.2) is 29.1 Å². The molecule has 1 saturated heterocycles. The van der Waals surface area contributed by atoms with Gasteiger partial charge in [0.05, 0.1) is 13.2 Å². The molecule has 6 heteroatoms. The van der Waals surface area contributed by atoms with E-state index in [0.29, 0.717) is 5.92 Å². The highest BCUT2D eigenvalue weighted by molar-refractivity contribution is 7.10. The van der Waals surface area contributed by atoms with Gasteiger partial charge in [-0.1, -0.05) is 6.07 Å². The Hall–Kier alpha value is -0.980. The number of hydrogen-bond donors (Lipinski definition) is 0. The van der Waals surface area contributed by atoms with E-state index in [0.717, 1.165) is 30.7 Å². The Morgan fingerprint density at radius 2 is 2.32 bits per heavy atom. The molecule has 0 amide bonds. The molecule has 0 N–H and O–H groups in total. The molecule has 2 aromatic rings. The third kappa shape index (κ3) is 2.40. The molecular weight excluding hydrogens is 278 g/mol. The third-order valence-corrected chi connectivity index (χ3v) is 5.33. The first-order chi connectivity index (χ1) is 9.40. The van der Waals surface area contributed by atoms with Gasteiger partial charge in [0.1, 0.15) is 11.9 Å². The summed E-state index contributed by atoms with van der Waals surface area (Å²) in [5.74, 6) is 1.69. The summed E-state index contributed by atoms with van der Waals surface area (Å²) in [6, 6.07) is 4.23. The number of aromatic nitrogens is 2. The lowest BCUT2D eigenvalue weighted by molar-refractivity contribution is 0.0421. The second kappa shape index (κ2) is 4.85. The average Bonchev–Trinajstić information content (AvgIpc) is 2.97. The molecule has 1 atom stereocenters. The zero-order chi connectivity index (χ0) is 12.7. The maximum absolute atomic E-state index is 5.87. The lowest BCUT2D eigenvalue weighted by Crippen LogP contribution is -2.38. The minimum absolute atomic E-state index is 0.182. The number of nitrogens with zero attached hydrogens (tertiary/aromatic N) is 3. The SMILES string of the molecule is c1csc(C2CN(c3nc(C4CC4)ns3)CCO2)c1. The second-order valence-electron chi connectivity index (χ2n) is 5.03. The number of thiophene rings is 1. The molecule has 1 saturated carbocycles. The molecule has 2 aromatic heterocycles. The fraction of sp³-hybridized carbons (Fsp3) is 0.538. The molecule has 100 valence electrons. The number of ether oxygens (including phenoxy) is 1. The van der Waals surface area contributed by atoms with E-state index in [1.165, 1.54) is 29.3 Å². The first-order valence-electron chi connectivity index (χ1n) is 6.64. The van der Waals surface area contributed by atoms with E-state index in [1.807, 2.05) is 0 Å².